The molecule has 47 heavy (non-hydrogen) atoms. The van der Waals surface area contributed by atoms with Gasteiger partial charge in [-0.05, 0) is 78.1 Å². The van der Waals surface area contributed by atoms with Crippen LogP contribution in [0.15, 0.2) is 30.3 Å². The van der Waals surface area contributed by atoms with Crippen LogP contribution in [0, 0.1) is 12.4 Å². The average Bonchev–Trinajstić information content (AvgIpc) is 3.37. The first-order chi connectivity index (χ1) is 22.4. The Morgan fingerprint density at radius 3 is 2.68 bits per heavy atom. The summed E-state index contributed by atoms with van der Waals surface area (Å²) in [6.07, 6.45) is 2.38. The summed E-state index contributed by atoms with van der Waals surface area (Å²) < 4.78 is 26.7. The number of carbonyl (C=O) groups excluding carboxylic acids is 1. The number of piperazine rings is 1. The molecule has 0 bridgehead atoms. The smallest absolute Gasteiger partial charge is 0.410 e. The Morgan fingerprint density at radius 2 is 1.96 bits per heavy atom. The largest absolute Gasteiger partial charge is 0.461 e. The van der Waals surface area contributed by atoms with Gasteiger partial charge in [-0.3, -0.25) is 9.80 Å². The highest BCUT2D eigenvalue weighted by molar-refractivity contribution is 6.36. The molecule has 0 radical (unpaired) electrons. The van der Waals surface area contributed by atoms with Gasteiger partial charge in [-0.25, -0.2) is 15.8 Å². The summed E-state index contributed by atoms with van der Waals surface area (Å²) in [5, 5.41) is 1.66. The number of benzene rings is 2. The molecule has 1 aromatic heterocycles. The third-order valence-electron chi connectivity index (χ3n) is 9.63. The zero-order chi connectivity index (χ0) is 33.5. The lowest BCUT2D eigenvalue weighted by atomic mass is 10.0. The van der Waals surface area contributed by atoms with Gasteiger partial charge in [-0.15, -0.1) is 0 Å². The van der Waals surface area contributed by atoms with Crippen molar-refractivity contribution in [1.82, 2.24) is 19.8 Å². The van der Waals surface area contributed by atoms with E-state index in [0.29, 0.717) is 57.1 Å². The Hall–Kier alpha value is -3.88. The van der Waals surface area contributed by atoms with Crippen LogP contribution in [0.4, 0.5) is 20.7 Å². The minimum absolute atomic E-state index is 0.110. The molecule has 6 rings (SSSR count). The molecular formula is C35H43ClFN7O3. The number of aromatic nitrogens is 2. The molecular weight excluding hydrogens is 621 g/mol. The van der Waals surface area contributed by atoms with Gasteiger partial charge in [0.2, 0.25) is 6.54 Å². The highest BCUT2D eigenvalue weighted by Gasteiger charge is 2.38. The van der Waals surface area contributed by atoms with Gasteiger partial charge < -0.3 is 24.1 Å². The fourth-order valence-electron chi connectivity index (χ4n) is 6.91. The number of rotatable bonds is 6. The van der Waals surface area contributed by atoms with E-state index >= 15 is 0 Å². The maximum atomic E-state index is 14.6. The Kier molecular flexibility index (Phi) is 9.11. The Balaban J connectivity index is 1.34. The zero-order valence-corrected chi connectivity index (χ0v) is 28.6. The normalized spacial score (nSPS) is 21.9. The maximum absolute atomic E-state index is 14.6. The first-order valence-corrected chi connectivity index (χ1v) is 16.7. The quantitative estimate of drug-likeness (QED) is 0.289. The SMILES string of the molecule is [C-]#[N+]C[C@H]1CN(c2nc(OCC3(C)CCCN3C)nc3c2CCN(c2cccc4ccc(F)c(Cl)c24)C3)CCN1C(=O)OC(C)(C)C. The molecule has 4 heterocycles. The summed E-state index contributed by atoms with van der Waals surface area (Å²) >= 11 is 6.52. The molecule has 0 saturated carbocycles. The Labute approximate surface area is 281 Å². The highest BCUT2D eigenvalue weighted by Crippen LogP contribution is 2.38. The summed E-state index contributed by atoms with van der Waals surface area (Å²) in [4.78, 5) is 35.1. The molecule has 0 spiro atoms. The first kappa shape index (κ1) is 33.0. The Bertz CT molecular complexity index is 1710. The van der Waals surface area contributed by atoms with Gasteiger partial charge in [0.15, 0.2) is 0 Å². The number of hydrogen-bond acceptors (Lipinski definition) is 8. The van der Waals surface area contributed by atoms with Crippen LogP contribution in [-0.4, -0.2) is 96.0 Å². The van der Waals surface area contributed by atoms with E-state index in [1.165, 1.54) is 6.07 Å². The Morgan fingerprint density at radius 1 is 1.15 bits per heavy atom. The van der Waals surface area contributed by atoms with Crippen LogP contribution in [0.5, 0.6) is 6.01 Å². The van der Waals surface area contributed by atoms with Crippen LogP contribution >= 0.6 is 11.6 Å². The van der Waals surface area contributed by atoms with E-state index in [4.69, 9.17) is 37.6 Å². The predicted molar refractivity (Wildman–Crippen MR) is 182 cm³/mol. The molecule has 250 valence electrons. The van der Waals surface area contributed by atoms with E-state index < -0.39 is 17.5 Å². The van der Waals surface area contributed by atoms with Crippen molar-refractivity contribution in [1.29, 1.82) is 0 Å². The molecule has 2 saturated heterocycles. The topological polar surface area (TPSA) is 78.6 Å². The van der Waals surface area contributed by atoms with Crippen LogP contribution in [0.2, 0.25) is 5.02 Å². The van der Waals surface area contributed by atoms with E-state index in [0.717, 1.165) is 47.5 Å². The van der Waals surface area contributed by atoms with Crippen molar-refractivity contribution in [2.45, 2.75) is 70.7 Å². The summed E-state index contributed by atoms with van der Waals surface area (Å²) in [7, 11) is 2.12. The molecule has 3 aliphatic rings. The number of nitrogens with zero attached hydrogens (tertiary/aromatic N) is 7. The minimum atomic E-state index is -0.634. The van der Waals surface area contributed by atoms with Crippen LogP contribution < -0.4 is 14.5 Å². The summed E-state index contributed by atoms with van der Waals surface area (Å²) in [5.74, 6) is 0.324. The van der Waals surface area contributed by atoms with E-state index in [1.807, 2.05) is 39.0 Å². The third kappa shape index (κ3) is 6.76. The van der Waals surface area contributed by atoms with Crippen molar-refractivity contribution >= 4 is 40.0 Å². The standard InChI is InChI=1S/C35H43ClFN7O3/c1-34(2,3)47-33(45)44-18-17-43(20-24(44)19-38-5)31-25-13-16-42(28-10-7-9-23-11-12-26(37)30(36)29(23)28)21-27(25)39-32(40-31)46-22-35(4)14-8-15-41(35)6/h7,9-12,24H,8,13-22H2,1-4,6H3/t24-,35?/m0/s1. The van der Waals surface area contributed by atoms with E-state index in [1.54, 1.807) is 11.0 Å². The lowest BCUT2D eigenvalue weighted by molar-refractivity contribution is 0.0155. The third-order valence-corrected chi connectivity index (χ3v) is 10.0. The molecule has 2 aromatic carbocycles. The predicted octanol–water partition coefficient (Wildman–Crippen LogP) is 6.19. The molecule has 0 aliphatic carbocycles. The second-order valence-corrected chi connectivity index (χ2v) is 14.5. The number of carbonyl (C=O) groups is 1. The van der Waals surface area contributed by atoms with Crippen molar-refractivity contribution < 1.29 is 18.7 Å². The monoisotopic (exact) mass is 663 g/mol. The lowest BCUT2D eigenvalue weighted by Gasteiger charge is -2.41. The lowest BCUT2D eigenvalue weighted by Crippen LogP contribution is -2.57. The summed E-state index contributed by atoms with van der Waals surface area (Å²) in [6.45, 7) is 19.5. The van der Waals surface area contributed by atoms with Gasteiger partial charge in [-0.2, -0.15) is 9.97 Å². The molecule has 1 unspecified atom stereocenters. The molecule has 3 aliphatic heterocycles. The number of amides is 1. The average molecular weight is 664 g/mol. The molecule has 2 atom stereocenters. The van der Waals surface area contributed by atoms with Crippen LogP contribution in [0.1, 0.15) is 51.8 Å². The van der Waals surface area contributed by atoms with Crippen molar-refractivity contribution in [2.75, 3.05) is 62.7 Å². The molecule has 2 fully saturated rings. The van der Waals surface area contributed by atoms with Crippen molar-refractivity contribution in [3.8, 4) is 6.01 Å². The number of fused-ring (bicyclic) bond motifs is 2. The van der Waals surface area contributed by atoms with Crippen LogP contribution in [0.25, 0.3) is 15.6 Å². The fourth-order valence-corrected chi connectivity index (χ4v) is 7.17. The van der Waals surface area contributed by atoms with Crippen molar-refractivity contribution in [2.24, 2.45) is 0 Å². The van der Waals surface area contributed by atoms with Gasteiger partial charge in [0.05, 0.1) is 22.8 Å². The zero-order valence-electron chi connectivity index (χ0n) is 27.9. The molecule has 12 heteroatoms. The van der Waals surface area contributed by atoms with Gasteiger partial charge in [0.1, 0.15) is 29.9 Å². The fraction of sp³-hybridized carbons (Fsp3) is 0.543. The number of likely N-dealkylation sites (N-methyl/N-ethyl adjacent to an activating group) is 1. The number of ether oxygens (including phenoxy) is 2. The number of hydrogen-bond donors (Lipinski definition) is 0. The molecule has 3 aromatic rings. The van der Waals surface area contributed by atoms with Gasteiger partial charge in [-0.1, -0.05) is 29.8 Å². The van der Waals surface area contributed by atoms with Gasteiger partial charge in [0, 0.05) is 42.8 Å². The first-order valence-electron chi connectivity index (χ1n) is 16.3. The number of anilines is 2. The van der Waals surface area contributed by atoms with Crippen molar-refractivity contribution in [3.63, 3.8) is 0 Å². The van der Waals surface area contributed by atoms with Gasteiger partial charge in [0.25, 0.3) is 0 Å². The maximum Gasteiger partial charge on any atom is 0.410 e. The van der Waals surface area contributed by atoms with Gasteiger partial charge >= 0.3 is 12.1 Å². The van der Waals surface area contributed by atoms with E-state index in [9.17, 15) is 9.18 Å². The molecule has 10 nitrogen and oxygen atoms in total. The summed E-state index contributed by atoms with van der Waals surface area (Å²) in [5.41, 5.74) is 1.95. The van der Waals surface area contributed by atoms with Crippen molar-refractivity contribution in [3.05, 3.63) is 63.8 Å². The second kappa shape index (κ2) is 13.0. The van der Waals surface area contributed by atoms with Crippen LogP contribution in [0.3, 0.4) is 0 Å². The molecule has 1 amide bonds. The number of likely N-dealkylation sites (tertiary alicyclic amines) is 1. The second-order valence-electron chi connectivity index (χ2n) is 14.1. The number of halogens is 2. The minimum Gasteiger partial charge on any atom is -0.461 e. The summed E-state index contributed by atoms with van der Waals surface area (Å²) in [6, 6.07) is 8.97. The molecule has 0 N–H and O–H groups in total. The van der Waals surface area contributed by atoms with Crippen LogP contribution in [-0.2, 0) is 17.7 Å². The van der Waals surface area contributed by atoms with E-state index in [2.05, 4.69) is 33.5 Å². The van der Waals surface area contributed by atoms with E-state index in [-0.39, 0.29) is 23.1 Å². The highest BCUT2D eigenvalue weighted by atomic mass is 35.5.